The minimum absolute atomic E-state index is 0.183. The van der Waals surface area contributed by atoms with E-state index in [0.29, 0.717) is 17.0 Å². The van der Waals surface area contributed by atoms with Crippen molar-refractivity contribution in [1.82, 2.24) is 20.4 Å². The molecule has 0 saturated carbocycles. The van der Waals surface area contributed by atoms with Crippen molar-refractivity contribution in [3.8, 4) is 0 Å². The van der Waals surface area contributed by atoms with Crippen LogP contribution in [0.3, 0.4) is 0 Å². The summed E-state index contributed by atoms with van der Waals surface area (Å²) in [7, 11) is 0. The number of rotatable bonds is 6. The van der Waals surface area contributed by atoms with Crippen molar-refractivity contribution in [1.29, 1.82) is 0 Å². The van der Waals surface area contributed by atoms with Crippen LogP contribution in [-0.4, -0.2) is 33.0 Å². The third-order valence-electron chi connectivity index (χ3n) is 3.91. The van der Waals surface area contributed by atoms with Gasteiger partial charge < -0.3 is 14.8 Å². The van der Waals surface area contributed by atoms with Gasteiger partial charge in [-0.1, -0.05) is 17.3 Å². The molecule has 0 radical (unpaired) electrons. The standard InChI is InChI=1S/C17H20N4O2S/c1-10-15(11(2)23-21-10)17(22)20-14(8-9-24-3)16-18-12-6-4-5-7-13(12)19-16/h4-7,14H,8-9H2,1-3H3,(H,18,19)(H,20,22)/t14-/m1/s1. The molecule has 2 heterocycles. The lowest BCUT2D eigenvalue weighted by molar-refractivity contribution is 0.0932. The first-order valence-electron chi connectivity index (χ1n) is 7.77. The summed E-state index contributed by atoms with van der Waals surface area (Å²) in [6.45, 7) is 3.51. The van der Waals surface area contributed by atoms with Gasteiger partial charge in [0.15, 0.2) is 0 Å². The Morgan fingerprint density at radius 2 is 2.17 bits per heavy atom. The van der Waals surface area contributed by atoms with Crippen molar-refractivity contribution in [2.24, 2.45) is 0 Å². The number of benzene rings is 1. The van der Waals surface area contributed by atoms with Gasteiger partial charge in [0.2, 0.25) is 0 Å². The molecule has 6 nitrogen and oxygen atoms in total. The Bertz CT molecular complexity index is 803. The molecule has 0 fully saturated rings. The summed E-state index contributed by atoms with van der Waals surface area (Å²) in [6.07, 6.45) is 2.84. The number of nitrogens with zero attached hydrogens (tertiary/aromatic N) is 2. The van der Waals surface area contributed by atoms with E-state index in [2.05, 4.69) is 20.4 Å². The van der Waals surface area contributed by atoms with E-state index in [0.717, 1.165) is 29.0 Å². The van der Waals surface area contributed by atoms with Crippen molar-refractivity contribution in [2.75, 3.05) is 12.0 Å². The van der Waals surface area contributed by atoms with Gasteiger partial charge in [0.05, 0.1) is 22.8 Å². The van der Waals surface area contributed by atoms with Gasteiger partial charge in [0, 0.05) is 0 Å². The van der Waals surface area contributed by atoms with Crippen LogP contribution in [-0.2, 0) is 0 Å². The van der Waals surface area contributed by atoms with Crippen LogP contribution in [0.15, 0.2) is 28.8 Å². The van der Waals surface area contributed by atoms with E-state index in [1.165, 1.54) is 0 Å². The van der Waals surface area contributed by atoms with Crippen molar-refractivity contribution in [3.63, 3.8) is 0 Å². The zero-order valence-corrected chi connectivity index (χ0v) is 14.7. The molecule has 3 aromatic rings. The normalized spacial score (nSPS) is 12.5. The van der Waals surface area contributed by atoms with Crippen molar-refractivity contribution >= 4 is 28.7 Å². The van der Waals surface area contributed by atoms with Crippen LogP contribution in [0.1, 0.15) is 40.1 Å². The average molecular weight is 344 g/mol. The van der Waals surface area contributed by atoms with E-state index in [9.17, 15) is 4.79 Å². The fraction of sp³-hybridized carbons (Fsp3) is 0.353. The number of carbonyl (C=O) groups excluding carboxylic acids is 1. The topological polar surface area (TPSA) is 83.8 Å². The molecule has 0 aliphatic rings. The zero-order valence-electron chi connectivity index (χ0n) is 13.9. The van der Waals surface area contributed by atoms with Crippen molar-refractivity contribution < 1.29 is 9.32 Å². The van der Waals surface area contributed by atoms with E-state index < -0.39 is 0 Å². The first-order chi connectivity index (χ1) is 11.6. The molecule has 24 heavy (non-hydrogen) atoms. The van der Waals surface area contributed by atoms with E-state index >= 15 is 0 Å². The number of para-hydroxylation sites is 2. The summed E-state index contributed by atoms with van der Waals surface area (Å²) in [4.78, 5) is 20.6. The number of hydrogen-bond acceptors (Lipinski definition) is 5. The first kappa shape index (κ1) is 16.6. The predicted octanol–water partition coefficient (Wildman–Crippen LogP) is 3.39. The largest absolute Gasteiger partial charge is 0.361 e. The maximum Gasteiger partial charge on any atom is 0.257 e. The molecule has 0 unspecified atom stereocenters. The molecule has 1 aromatic carbocycles. The number of aryl methyl sites for hydroxylation is 2. The van der Waals surface area contributed by atoms with Gasteiger partial charge in [0.25, 0.3) is 5.91 Å². The number of aromatic nitrogens is 3. The minimum Gasteiger partial charge on any atom is -0.361 e. The van der Waals surface area contributed by atoms with Gasteiger partial charge in [-0.25, -0.2) is 4.98 Å². The Morgan fingerprint density at radius 3 is 2.83 bits per heavy atom. The number of carbonyl (C=O) groups is 1. The Morgan fingerprint density at radius 1 is 1.38 bits per heavy atom. The number of H-pyrrole nitrogens is 1. The number of thioether (sulfide) groups is 1. The fourth-order valence-electron chi connectivity index (χ4n) is 2.69. The molecule has 2 N–H and O–H groups in total. The Hall–Kier alpha value is -2.28. The molecule has 0 aliphatic heterocycles. The van der Waals surface area contributed by atoms with Gasteiger partial charge in [-0.05, 0) is 44.4 Å². The molecular formula is C17H20N4O2S. The number of nitrogens with one attached hydrogen (secondary N) is 2. The molecule has 126 valence electrons. The van der Waals surface area contributed by atoms with Crippen LogP contribution in [0.25, 0.3) is 11.0 Å². The lowest BCUT2D eigenvalue weighted by Gasteiger charge is -2.16. The monoisotopic (exact) mass is 344 g/mol. The Labute approximate surface area is 144 Å². The summed E-state index contributed by atoms with van der Waals surface area (Å²) in [5, 5.41) is 6.92. The van der Waals surface area contributed by atoms with Crippen molar-refractivity contribution in [3.05, 3.63) is 47.1 Å². The predicted molar refractivity (Wildman–Crippen MR) is 95.3 cm³/mol. The smallest absolute Gasteiger partial charge is 0.257 e. The molecule has 0 spiro atoms. The number of aromatic amines is 1. The highest BCUT2D eigenvalue weighted by Crippen LogP contribution is 2.21. The average Bonchev–Trinajstić information content (AvgIpc) is 3.14. The maximum absolute atomic E-state index is 12.6. The number of amides is 1. The van der Waals surface area contributed by atoms with E-state index in [1.54, 1.807) is 25.6 Å². The van der Waals surface area contributed by atoms with Crippen LogP contribution >= 0.6 is 11.8 Å². The van der Waals surface area contributed by atoms with Crippen LogP contribution in [0, 0.1) is 13.8 Å². The van der Waals surface area contributed by atoms with Crippen LogP contribution in [0.4, 0.5) is 0 Å². The van der Waals surface area contributed by atoms with Crippen LogP contribution < -0.4 is 5.32 Å². The second-order valence-electron chi connectivity index (χ2n) is 5.65. The lowest BCUT2D eigenvalue weighted by atomic mass is 10.1. The number of fused-ring (bicyclic) bond motifs is 1. The number of hydrogen-bond donors (Lipinski definition) is 2. The maximum atomic E-state index is 12.6. The minimum atomic E-state index is -0.189. The molecule has 0 aliphatic carbocycles. The van der Waals surface area contributed by atoms with E-state index in [4.69, 9.17) is 4.52 Å². The third kappa shape index (κ3) is 3.31. The van der Waals surface area contributed by atoms with Gasteiger partial charge in [-0.2, -0.15) is 11.8 Å². The molecule has 2 aromatic heterocycles. The molecule has 0 bridgehead atoms. The molecular weight excluding hydrogens is 324 g/mol. The Balaban J connectivity index is 1.87. The van der Waals surface area contributed by atoms with Crippen LogP contribution in [0.2, 0.25) is 0 Å². The number of imidazole rings is 1. The SMILES string of the molecule is CSCC[C@@H](NC(=O)c1c(C)noc1C)c1nc2ccccc2[nH]1. The highest BCUT2D eigenvalue weighted by atomic mass is 32.2. The zero-order chi connectivity index (χ0) is 17.1. The quantitative estimate of drug-likeness (QED) is 0.716. The summed E-state index contributed by atoms with van der Waals surface area (Å²) >= 11 is 1.74. The van der Waals surface area contributed by atoms with E-state index in [-0.39, 0.29) is 11.9 Å². The third-order valence-corrected chi connectivity index (χ3v) is 4.56. The summed E-state index contributed by atoms with van der Waals surface area (Å²) in [5.74, 6) is 2.03. The van der Waals surface area contributed by atoms with Gasteiger partial charge in [0.1, 0.15) is 17.1 Å². The molecule has 7 heteroatoms. The lowest BCUT2D eigenvalue weighted by Crippen LogP contribution is -2.30. The van der Waals surface area contributed by atoms with Gasteiger partial charge in [-0.3, -0.25) is 4.79 Å². The highest BCUT2D eigenvalue weighted by Gasteiger charge is 2.23. The molecule has 1 amide bonds. The van der Waals surface area contributed by atoms with Gasteiger partial charge >= 0.3 is 0 Å². The molecule has 3 rings (SSSR count). The summed E-state index contributed by atoms with van der Waals surface area (Å²) < 4.78 is 5.09. The summed E-state index contributed by atoms with van der Waals surface area (Å²) in [5.41, 5.74) is 2.96. The Kier molecular flexibility index (Phi) is 4.89. The second kappa shape index (κ2) is 7.09. The summed E-state index contributed by atoms with van der Waals surface area (Å²) in [6, 6.07) is 7.66. The van der Waals surface area contributed by atoms with Gasteiger partial charge in [-0.15, -0.1) is 0 Å². The fourth-order valence-corrected chi connectivity index (χ4v) is 3.16. The molecule has 0 saturated heterocycles. The van der Waals surface area contributed by atoms with Crippen molar-refractivity contribution in [2.45, 2.75) is 26.3 Å². The van der Waals surface area contributed by atoms with Crippen LogP contribution in [0.5, 0.6) is 0 Å². The molecule has 1 atom stereocenters. The first-order valence-corrected chi connectivity index (χ1v) is 9.17. The second-order valence-corrected chi connectivity index (χ2v) is 6.63. The highest BCUT2D eigenvalue weighted by molar-refractivity contribution is 7.98. The van der Waals surface area contributed by atoms with E-state index in [1.807, 2.05) is 30.5 Å².